The number of rotatable bonds is 5. The van der Waals surface area contributed by atoms with Crippen LogP contribution in [0, 0.1) is 0 Å². The van der Waals surface area contributed by atoms with Crippen molar-refractivity contribution in [2.45, 2.75) is 19.4 Å². The molecule has 0 spiro atoms. The van der Waals surface area contributed by atoms with Gasteiger partial charge in [0.15, 0.2) is 0 Å². The van der Waals surface area contributed by atoms with E-state index in [9.17, 15) is 4.79 Å². The summed E-state index contributed by atoms with van der Waals surface area (Å²) in [6, 6.07) is 6.99. The van der Waals surface area contributed by atoms with Crippen LogP contribution in [0.25, 0.3) is 0 Å². The molecule has 0 aliphatic carbocycles. The van der Waals surface area contributed by atoms with Gasteiger partial charge in [0, 0.05) is 11.7 Å². The molecule has 1 rings (SSSR count). The number of hydrogen-bond acceptors (Lipinski definition) is 3. The zero-order valence-electron chi connectivity index (χ0n) is 10.2. The smallest absolute Gasteiger partial charge is 0.319 e. The maximum Gasteiger partial charge on any atom is 0.319 e. The van der Waals surface area contributed by atoms with Crippen molar-refractivity contribution in [3.63, 3.8) is 0 Å². The minimum atomic E-state index is -0.226. The molecule has 5 heteroatoms. The summed E-state index contributed by atoms with van der Waals surface area (Å²) in [5.41, 5.74) is 6.13. The molecular weight excluding hydrogens is 218 g/mol. The van der Waals surface area contributed by atoms with E-state index < -0.39 is 0 Å². The third-order valence-electron chi connectivity index (χ3n) is 2.33. The number of anilines is 1. The number of hydrogen-bond donors (Lipinski definition) is 3. The van der Waals surface area contributed by atoms with Gasteiger partial charge in [-0.3, -0.25) is 0 Å². The Balaban J connectivity index is 2.44. The standard InChI is InChI=1S/C12H19N3O2/c1-9(7-8-13)14-12(16)15-10-3-5-11(17-2)6-4-10/h3-6,9H,7-8,13H2,1-2H3,(H2,14,15,16). The van der Waals surface area contributed by atoms with Gasteiger partial charge in [-0.25, -0.2) is 4.79 Å². The van der Waals surface area contributed by atoms with E-state index in [0.29, 0.717) is 6.54 Å². The number of ether oxygens (including phenoxy) is 1. The molecule has 0 aromatic heterocycles. The number of carbonyl (C=O) groups is 1. The molecule has 2 amide bonds. The highest BCUT2D eigenvalue weighted by atomic mass is 16.5. The van der Waals surface area contributed by atoms with Crippen LogP contribution in [0.5, 0.6) is 5.75 Å². The van der Waals surface area contributed by atoms with Crippen molar-refractivity contribution in [1.82, 2.24) is 5.32 Å². The lowest BCUT2D eigenvalue weighted by atomic mass is 10.2. The minimum Gasteiger partial charge on any atom is -0.497 e. The summed E-state index contributed by atoms with van der Waals surface area (Å²) in [7, 11) is 1.60. The number of nitrogens with one attached hydrogen (secondary N) is 2. The third kappa shape index (κ3) is 4.74. The third-order valence-corrected chi connectivity index (χ3v) is 2.33. The van der Waals surface area contributed by atoms with E-state index in [1.807, 2.05) is 6.92 Å². The molecule has 1 atom stereocenters. The van der Waals surface area contributed by atoms with Crippen LogP contribution in [0.15, 0.2) is 24.3 Å². The molecule has 94 valence electrons. The van der Waals surface area contributed by atoms with Crippen LogP contribution in [0.1, 0.15) is 13.3 Å². The lowest BCUT2D eigenvalue weighted by Gasteiger charge is -2.13. The van der Waals surface area contributed by atoms with Crippen LogP contribution in [-0.2, 0) is 0 Å². The molecule has 1 aromatic rings. The second-order valence-electron chi connectivity index (χ2n) is 3.81. The maximum atomic E-state index is 11.6. The molecular formula is C12H19N3O2. The van der Waals surface area contributed by atoms with Gasteiger partial charge in [-0.2, -0.15) is 0 Å². The first-order valence-electron chi connectivity index (χ1n) is 5.57. The van der Waals surface area contributed by atoms with Crippen LogP contribution >= 0.6 is 0 Å². The molecule has 0 aliphatic rings. The Bertz CT molecular complexity index is 351. The summed E-state index contributed by atoms with van der Waals surface area (Å²) in [6.45, 7) is 2.48. The highest BCUT2D eigenvalue weighted by molar-refractivity contribution is 5.89. The zero-order chi connectivity index (χ0) is 12.7. The van der Waals surface area contributed by atoms with Gasteiger partial charge >= 0.3 is 6.03 Å². The predicted molar refractivity (Wildman–Crippen MR) is 68.3 cm³/mol. The highest BCUT2D eigenvalue weighted by Crippen LogP contribution is 2.14. The Hall–Kier alpha value is -1.75. The van der Waals surface area contributed by atoms with Crippen LogP contribution in [0.4, 0.5) is 10.5 Å². The topological polar surface area (TPSA) is 76.4 Å². The van der Waals surface area contributed by atoms with Gasteiger partial charge in [0.25, 0.3) is 0 Å². The predicted octanol–water partition coefficient (Wildman–Crippen LogP) is 1.55. The molecule has 1 aromatic carbocycles. The van der Waals surface area contributed by atoms with Crippen molar-refractivity contribution in [2.75, 3.05) is 19.0 Å². The van der Waals surface area contributed by atoms with Crippen molar-refractivity contribution in [3.8, 4) is 5.75 Å². The normalized spacial score (nSPS) is 11.7. The largest absolute Gasteiger partial charge is 0.497 e. The fourth-order valence-corrected chi connectivity index (χ4v) is 1.39. The van der Waals surface area contributed by atoms with Crippen molar-refractivity contribution in [3.05, 3.63) is 24.3 Å². The molecule has 0 saturated heterocycles. The van der Waals surface area contributed by atoms with Crippen molar-refractivity contribution in [2.24, 2.45) is 5.73 Å². The van der Waals surface area contributed by atoms with E-state index in [4.69, 9.17) is 10.5 Å². The van der Waals surface area contributed by atoms with Crippen molar-refractivity contribution in [1.29, 1.82) is 0 Å². The second-order valence-corrected chi connectivity index (χ2v) is 3.81. The number of carbonyl (C=O) groups excluding carboxylic acids is 1. The average molecular weight is 237 g/mol. The first kappa shape index (κ1) is 13.3. The van der Waals surface area contributed by atoms with Crippen LogP contribution in [0.3, 0.4) is 0 Å². The number of nitrogens with two attached hydrogens (primary N) is 1. The summed E-state index contributed by atoms with van der Waals surface area (Å²) in [5, 5.41) is 5.53. The Morgan fingerprint density at radius 3 is 2.59 bits per heavy atom. The molecule has 1 unspecified atom stereocenters. The summed E-state index contributed by atoms with van der Waals surface area (Å²) < 4.78 is 5.03. The molecule has 0 aliphatic heterocycles. The summed E-state index contributed by atoms with van der Waals surface area (Å²) in [5.74, 6) is 0.757. The monoisotopic (exact) mass is 237 g/mol. The fraction of sp³-hybridized carbons (Fsp3) is 0.417. The number of amides is 2. The Labute approximate surface area is 101 Å². The minimum absolute atomic E-state index is 0.0678. The van der Waals surface area contributed by atoms with E-state index in [-0.39, 0.29) is 12.1 Å². The lowest BCUT2D eigenvalue weighted by Crippen LogP contribution is -2.37. The number of methoxy groups -OCH3 is 1. The Kier molecular flexibility index (Phi) is 5.29. The summed E-state index contributed by atoms with van der Waals surface area (Å²) >= 11 is 0. The molecule has 0 saturated carbocycles. The molecule has 0 bridgehead atoms. The summed E-state index contributed by atoms with van der Waals surface area (Å²) in [6.07, 6.45) is 0.760. The molecule has 0 fully saturated rings. The van der Waals surface area contributed by atoms with Gasteiger partial charge in [-0.1, -0.05) is 0 Å². The van der Waals surface area contributed by atoms with Crippen LogP contribution in [0.2, 0.25) is 0 Å². The van der Waals surface area contributed by atoms with Crippen LogP contribution in [-0.4, -0.2) is 25.7 Å². The summed E-state index contributed by atoms with van der Waals surface area (Å²) in [4.78, 5) is 11.6. The number of benzene rings is 1. The fourth-order valence-electron chi connectivity index (χ4n) is 1.39. The highest BCUT2D eigenvalue weighted by Gasteiger charge is 2.06. The lowest BCUT2D eigenvalue weighted by molar-refractivity contribution is 0.249. The molecule has 0 heterocycles. The first-order valence-corrected chi connectivity index (χ1v) is 5.57. The number of urea groups is 1. The maximum absolute atomic E-state index is 11.6. The van der Waals surface area contributed by atoms with Gasteiger partial charge < -0.3 is 21.1 Å². The molecule has 5 nitrogen and oxygen atoms in total. The Morgan fingerprint density at radius 2 is 2.06 bits per heavy atom. The molecule has 4 N–H and O–H groups in total. The quantitative estimate of drug-likeness (QED) is 0.727. The zero-order valence-corrected chi connectivity index (χ0v) is 10.2. The van der Waals surface area contributed by atoms with E-state index in [1.54, 1.807) is 31.4 Å². The van der Waals surface area contributed by atoms with E-state index in [1.165, 1.54) is 0 Å². The molecule has 17 heavy (non-hydrogen) atoms. The van der Waals surface area contributed by atoms with E-state index >= 15 is 0 Å². The van der Waals surface area contributed by atoms with Gasteiger partial charge in [0.2, 0.25) is 0 Å². The van der Waals surface area contributed by atoms with Gasteiger partial charge in [0.05, 0.1) is 7.11 Å². The van der Waals surface area contributed by atoms with Gasteiger partial charge in [0.1, 0.15) is 5.75 Å². The van der Waals surface area contributed by atoms with Gasteiger partial charge in [-0.05, 0) is 44.2 Å². The van der Waals surface area contributed by atoms with E-state index in [0.717, 1.165) is 17.9 Å². The van der Waals surface area contributed by atoms with Crippen molar-refractivity contribution >= 4 is 11.7 Å². The van der Waals surface area contributed by atoms with E-state index in [2.05, 4.69) is 10.6 Å². The van der Waals surface area contributed by atoms with Crippen LogP contribution < -0.4 is 21.1 Å². The SMILES string of the molecule is COc1ccc(NC(=O)NC(C)CCN)cc1. The second kappa shape index (κ2) is 6.75. The molecule has 0 radical (unpaired) electrons. The first-order chi connectivity index (χ1) is 8.15. The average Bonchev–Trinajstić information content (AvgIpc) is 2.30. The van der Waals surface area contributed by atoms with Crippen molar-refractivity contribution < 1.29 is 9.53 Å². The van der Waals surface area contributed by atoms with Gasteiger partial charge in [-0.15, -0.1) is 0 Å². The Morgan fingerprint density at radius 1 is 1.41 bits per heavy atom.